The number of rotatable bonds is 3. The van der Waals surface area contributed by atoms with Gasteiger partial charge in [-0.2, -0.15) is 4.31 Å². The van der Waals surface area contributed by atoms with Gasteiger partial charge >= 0.3 is 5.97 Å². The molecule has 1 aliphatic carbocycles. The Bertz CT molecular complexity index is 649. The topological polar surface area (TPSA) is 87.8 Å². The molecule has 0 spiro atoms. The summed E-state index contributed by atoms with van der Waals surface area (Å²) in [6, 6.07) is 3.02. The highest BCUT2D eigenvalue weighted by molar-refractivity contribution is 7.89. The molecule has 1 aromatic rings. The number of hydrogen-bond donors (Lipinski definition) is 1. The van der Waals surface area contributed by atoms with Gasteiger partial charge in [0.15, 0.2) is 0 Å². The fraction of sp³-hybridized carbons (Fsp3) is 0.615. The number of nitrogens with zero attached hydrogens (tertiary/aromatic N) is 1. The van der Waals surface area contributed by atoms with Gasteiger partial charge in [0.25, 0.3) is 10.0 Å². The normalized spacial score (nSPS) is 30.6. The highest BCUT2D eigenvalue weighted by atomic mass is 32.2. The largest absolute Gasteiger partial charge is 0.481 e. The van der Waals surface area contributed by atoms with Gasteiger partial charge in [-0.1, -0.05) is 6.42 Å². The fourth-order valence-corrected chi connectivity index (χ4v) is 4.96. The molecular weight excluding hydrogens is 282 g/mol. The van der Waals surface area contributed by atoms with Crippen LogP contribution in [0.2, 0.25) is 0 Å². The Morgan fingerprint density at radius 2 is 2.25 bits per heavy atom. The van der Waals surface area contributed by atoms with Crippen LogP contribution in [0.1, 0.15) is 25.0 Å². The van der Waals surface area contributed by atoms with E-state index < -0.39 is 21.4 Å². The van der Waals surface area contributed by atoms with E-state index in [1.807, 2.05) is 0 Å². The second-order valence-electron chi connectivity index (χ2n) is 5.71. The van der Waals surface area contributed by atoms with E-state index in [1.165, 1.54) is 10.4 Å². The molecule has 2 atom stereocenters. The highest BCUT2D eigenvalue weighted by Crippen LogP contribution is 2.50. The molecular formula is C13H17NO5S. The second kappa shape index (κ2) is 4.33. The molecule has 2 fully saturated rings. The number of aliphatic carboxylic acids is 1. The maximum absolute atomic E-state index is 12.5. The van der Waals surface area contributed by atoms with Gasteiger partial charge in [-0.15, -0.1) is 0 Å². The lowest BCUT2D eigenvalue weighted by Gasteiger charge is -2.22. The van der Waals surface area contributed by atoms with Crippen molar-refractivity contribution in [1.82, 2.24) is 4.31 Å². The third-order valence-corrected chi connectivity index (χ3v) is 6.26. The smallest absolute Gasteiger partial charge is 0.311 e. The second-order valence-corrected chi connectivity index (χ2v) is 7.58. The van der Waals surface area contributed by atoms with Crippen LogP contribution in [-0.4, -0.2) is 36.9 Å². The van der Waals surface area contributed by atoms with E-state index in [0.29, 0.717) is 12.2 Å². The SMILES string of the molecule is Cc1ccc(S(=O)(=O)N2C[C@@H]3CCC[C@@]3(C(=O)O)C2)o1. The summed E-state index contributed by atoms with van der Waals surface area (Å²) in [7, 11) is -3.73. The van der Waals surface area contributed by atoms with Crippen LogP contribution in [0.15, 0.2) is 21.6 Å². The van der Waals surface area contributed by atoms with E-state index in [9.17, 15) is 18.3 Å². The summed E-state index contributed by atoms with van der Waals surface area (Å²) in [5.74, 6) is -0.449. The molecule has 1 aliphatic heterocycles. The van der Waals surface area contributed by atoms with Gasteiger partial charge in [-0.25, -0.2) is 8.42 Å². The van der Waals surface area contributed by atoms with Crippen LogP contribution in [0.25, 0.3) is 0 Å². The summed E-state index contributed by atoms with van der Waals surface area (Å²) in [4.78, 5) is 11.6. The van der Waals surface area contributed by atoms with Crippen molar-refractivity contribution < 1.29 is 22.7 Å². The molecule has 7 heteroatoms. The third kappa shape index (κ3) is 1.80. The maximum Gasteiger partial charge on any atom is 0.311 e. The molecule has 2 aliphatic rings. The van der Waals surface area contributed by atoms with Crippen molar-refractivity contribution in [3.63, 3.8) is 0 Å². The molecule has 3 rings (SSSR count). The molecule has 0 bridgehead atoms. The van der Waals surface area contributed by atoms with Crippen molar-refractivity contribution >= 4 is 16.0 Å². The van der Waals surface area contributed by atoms with E-state index in [2.05, 4.69) is 0 Å². The van der Waals surface area contributed by atoms with Crippen molar-refractivity contribution in [2.45, 2.75) is 31.3 Å². The van der Waals surface area contributed by atoms with E-state index in [1.54, 1.807) is 13.0 Å². The molecule has 20 heavy (non-hydrogen) atoms. The van der Waals surface area contributed by atoms with Crippen LogP contribution in [0, 0.1) is 18.3 Å². The third-order valence-electron chi connectivity index (χ3n) is 4.58. The summed E-state index contributed by atoms with van der Waals surface area (Å²) < 4.78 is 31.4. The van der Waals surface area contributed by atoms with Crippen LogP contribution in [0.3, 0.4) is 0 Å². The van der Waals surface area contributed by atoms with Crippen LogP contribution in [0.4, 0.5) is 0 Å². The summed E-state index contributed by atoms with van der Waals surface area (Å²) >= 11 is 0. The Labute approximate surface area is 117 Å². The number of sulfonamides is 1. The van der Waals surface area contributed by atoms with Gasteiger partial charge < -0.3 is 9.52 Å². The molecule has 0 aromatic carbocycles. The fourth-order valence-electron chi connectivity index (χ4n) is 3.45. The Morgan fingerprint density at radius 3 is 2.80 bits per heavy atom. The molecule has 0 radical (unpaired) electrons. The molecule has 110 valence electrons. The first kappa shape index (κ1) is 13.6. The van der Waals surface area contributed by atoms with Crippen LogP contribution in [0.5, 0.6) is 0 Å². The number of fused-ring (bicyclic) bond motifs is 1. The molecule has 0 unspecified atom stereocenters. The number of carboxylic acids is 1. The van der Waals surface area contributed by atoms with Gasteiger partial charge in [-0.3, -0.25) is 4.79 Å². The summed E-state index contributed by atoms with van der Waals surface area (Å²) in [6.45, 7) is 2.00. The van der Waals surface area contributed by atoms with Gasteiger partial charge in [0.2, 0.25) is 5.09 Å². The Hall–Kier alpha value is -1.34. The number of hydrogen-bond acceptors (Lipinski definition) is 4. The Kier molecular flexibility index (Phi) is 2.95. The van der Waals surface area contributed by atoms with Crippen molar-refractivity contribution in [1.29, 1.82) is 0 Å². The van der Waals surface area contributed by atoms with Crippen molar-refractivity contribution in [2.24, 2.45) is 11.3 Å². The lowest BCUT2D eigenvalue weighted by Crippen LogP contribution is -2.37. The van der Waals surface area contributed by atoms with Crippen LogP contribution < -0.4 is 0 Å². The standard InChI is InChI=1S/C13H17NO5S/c1-9-4-5-11(19-9)20(17,18)14-7-10-3-2-6-13(10,8-14)12(15)16/h4-5,10H,2-3,6-8H2,1H3,(H,15,16)/t10-,13+/m0/s1. The number of aryl methyl sites for hydroxylation is 1. The summed E-state index contributed by atoms with van der Waals surface area (Å²) in [5.41, 5.74) is -0.908. The Balaban J connectivity index is 1.92. The van der Waals surface area contributed by atoms with Crippen LogP contribution in [-0.2, 0) is 14.8 Å². The van der Waals surface area contributed by atoms with Gasteiger partial charge in [0, 0.05) is 13.1 Å². The lowest BCUT2D eigenvalue weighted by molar-refractivity contribution is -0.149. The van der Waals surface area contributed by atoms with E-state index >= 15 is 0 Å². The average molecular weight is 299 g/mol. The summed E-state index contributed by atoms with van der Waals surface area (Å²) in [6.07, 6.45) is 2.18. The van der Waals surface area contributed by atoms with E-state index in [-0.39, 0.29) is 24.1 Å². The van der Waals surface area contributed by atoms with Crippen molar-refractivity contribution in [3.05, 3.63) is 17.9 Å². The molecule has 1 saturated heterocycles. The zero-order chi connectivity index (χ0) is 14.5. The molecule has 6 nitrogen and oxygen atoms in total. The zero-order valence-corrected chi connectivity index (χ0v) is 12.0. The first-order valence-electron chi connectivity index (χ1n) is 6.66. The number of carboxylic acid groups (broad SMARTS) is 1. The maximum atomic E-state index is 12.5. The van der Waals surface area contributed by atoms with E-state index in [4.69, 9.17) is 4.42 Å². The number of furan rings is 1. The first-order chi connectivity index (χ1) is 9.36. The molecule has 1 aromatic heterocycles. The van der Waals surface area contributed by atoms with E-state index in [0.717, 1.165) is 12.8 Å². The van der Waals surface area contributed by atoms with Gasteiger partial charge in [0.1, 0.15) is 5.76 Å². The molecule has 0 amide bonds. The lowest BCUT2D eigenvalue weighted by atomic mass is 9.81. The molecule has 1 saturated carbocycles. The average Bonchev–Trinajstić information content (AvgIpc) is 3.00. The highest BCUT2D eigenvalue weighted by Gasteiger charge is 2.57. The minimum Gasteiger partial charge on any atom is -0.481 e. The van der Waals surface area contributed by atoms with Gasteiger partial charge in [0.05, 0.1) is 5.41 Å². The minimum absolute atomic E-state index is 0.0507. The minimum atomic E-state index is -3.73. The van der Waals surface area contributed by atoms with Crippen molar-refractivity contribution in [2.75, 3.05) is 13.1 Å². The predicted molar refractivity (Wildman–Crippen MR) is 69.6 cm³/mol. The molecule has 2 heterocycles. The quantitative estimate of drug-likeness (QED) is 0.913. The van der Waals surface area contributed by atoms with Crippen molar-refractivity contribution in [3.8, 4) is 0 Å². The summed E-state index contributed by atoms with van der Waals surface area (Å²) in [5, 5.41) is 9.39. The number of carbonyl (C=O) groups is 1. The monoisotopic (exact) mass is 299 g/mol. The molecule has 1 N–H and O–H groups in total. The van der Waals surface area contributed by atoms with Crippen LogP contribution >= 0.6 is 0 Å². The zero-order valence-electron chi connectivity index (χ0n) is 11.2. The Morgan fingerprint density at radius 1 is 1.50 bits per heavy atom. The predicted octanol–water partition coefficient (Wildman–Crippen LogP) is 1.46. The first-order valence-corrected chi connectivity index (χ1v) is 8.10. The van der Waals surface area contributed by atoms with Gasteiger partial charge in [-0.05, 0) is 37.8 Å².